The van der Waals surface area contributed by atoms with Gasteiger partial charge in [-0.3, -0.25) is 0 Å². The Bertz CT molecular complexity index is 858. The van der Waals surface area contributed by atoms with E-state index in [1.807, 2.05) is 31.2 Å². The zero-order valence-electron chi connectivity index (χ0n) is 16.5. The summed E-state index contributed by atoms with van der Waals surface area (Å²) in [6.07, 6.45) is 2.16. The molecule has 0 unspecified atom stereocenters. The number of ether oxygens (including phenoxy) is 3. The number of benzene rings is 2. The highest BCUT2D eigenvalue weighted by atomic mass is 35.5. The first-order valence-corrected chi connectivity index (χ1v) is 10.5. The van der Waals surface area contributed by atoms with Gasteiger partial charge in [-0.15, -0.1) is 0 Å². The molecule has 30 heavy (non-hydrogen) atoms. The average Bonchev–Trinajstić information content (AvgIpc) is 2.70. The summed E-state index contributed by atoms with van der Waals surface area (Å²) in [5.41, 5.74) is 1.76. The number of hydrogen-bond donors (Lipinski definition) is 0. The summed E-state index contributed by atoms with van der Waals surface area (Å²) >= 11 is 23.6. The molecule has 0 heterocycles. The van der Waals surface area contributed by atoms with E-state index in [0.29, 0.717) is 41.2 Å². The summed E-state index contributed by atoms with van der Waals surface area (Å²) < 4.78 is 17.0. The van der Waals surface area contributed by atoms with Crippen molar-refractivity contribution in [3.63, 3.8) is 0 Å². The molecule has 0 aliphatic carbocycles. The third kappa shape index (κ3) is 8.15. The summed E-state index contributed by atoms with van der Waals surface area (Å²) in [5.74, 6) is 1.64. The average molecular weight is 493 g/mol. The van der Waals surface area contributed by atoms with E-state index in [1.54, 1.807) is 12.1 Å². The molecule has 0 atom stereocenters. The molecule has 0 aliphatic rings. The molecule has 0 N–H and O–H groups in total. The molecule has 0 saturated heterocycles. The van der Waals surface area contributed by atoms with E-state index in [-0.39, 0.29) is 11.1 Å². The smallest absolute Gasteiger partial charge is 0.156 e. The van der Waals surface area contributed by atoms with Crippen molar-refractivity contribution in [1.82, 2.24) is 0 Å². The highest BCUT2D eigenvalue weighted by Gasteiger charge is 2.11. The standard InChI is InChI=1S/C21H21Cl4NO4/c1-14(26-27-2)15-4-6-16(7-5-15)28-9-3-10-30-21-18(22)12-17(13-19(21)23)29-11-8-20(24)25/h4-8,12-13H,3,9-11H2,1-2H3. The van der Waals surface area contributed by atoms with Crippen LogP contribution in [-0.2, 0) is 4.84 Å². The maximum Gasteiger partial charge on any atom is 0.156 e. The molecule has 2 aromatic rings. The van der Waals surface area contributed by atoms with Gasteiger partial charge >= 0.3 is 0 Å². The molecule has 0 amide bonds. The Hall–Kier alpha value is -1.79. The Kier molecular flexibility index (Phi) is 10.4. The van der Waals surface area contributed by atoms with Crippen LogP contribution in [0.2, 0.25) is 10.0 Å². The van der Waals surface area contributed by atoms with Crippen LogP contribution in [0.3, 0.4) is 0 Å². The van der Waals surface area contributed by atoms with Crippen LogP contribution < -0.4 is 14.2 Å². The van der Waals surface area contributed by atoms with Crippen molar-refractivity contribution in [3.05, 3.63) is 62.6 Å². The third-order valence-electron chi connectivity index (χ3n) is 3.76. The topological polar surface area (TPSA) is 49.3 Å². The lowest BCUT2D eigenvalue weighted by atomic mass is 10.1. The normalized spacial score (nSPS) is 11.1. The van der Waals surface area contributed by atoms with Gasteiger partial charge in [0.1, 0.15) is 29.7 Å². The zero-order chi connectivity index (χ0) is 21.9. The Labute approximate surface area is 196 Å². The van der Waals surface area contributed by atoms with Gasteiger partial charge in [0.05, 0.1) is 29.0 Å². The van der Waals surface area contributed by atoms with E-state index in [4.69, 9.17) is 65.5 Å². The first kappa shape index (κ1) is 24.5. The van der Waals surface area contributed by atoms with Gasteiger partial charge in [-0.05, 0) is 42.8 Å². The summed E-state index contributed by atoms with van der Waals surface area (Å²) in [6, 6.07) is 10.8. The molecule has 0 radical (unpaired) electrons. The van der Waals surface area contributed by atoms with E-state index in [1.165, 1.54) is 13.2 Å². The quantitative estimate of drug-likeness (QED) is 0.194. The lowest BCUT2D eigenvalue weighted by molar-refractivity contribution is 0.213. The third-order valence-corrected chi connectivity index (χ3v) is 4.63. The van der Waals surface area contributed by atoms with Gasteiger partial charge in [0.25, 0.3) is 0 Å². The monoisotopic (exact) mass is 491 g/mol. The first-order chi connectivity index (χ1) is 14.4. The summed E-state index contributed by atoms with van der Waals surface area (Å²) in [6.45, 7) is 2.94. The van der Waals surface area contributed by atoms with Crippen LogP contribution in [-0.4, -0.2) is 32.6 Å². The van der Waals surface area contributed by atoms with E-state index in [0.717, 1.165) is 17.0 Å². The number of hydrogen-bond acceptors (Lipinski definition) is 5. The molecular weight excluding hydrogens is 472 g/mol. The van der Waals surface area contributed by atoms with Gasteiger partial charge in [-0.2, -0.15) is 0 Å². The lowest BCUT2D eigenvalue weighted by Gasteiger charge is -2.12. The van der Waals surface area contributed by atoms with Crippen LogP contribution in [0.1, 0.15) is 18.9 Å². The van der Waals surface area contributed by atoms with E-state index in [2.05, 4.69) is 5.16 Å². The highest BCUT2D eigenvalue weighted by Crippen LogP contribution is 2.37. The number of oxime groups is 1. The summed E-state index contributed by atoms with van der Waals surface area (Å²) in [5, 5.41) is 4.60. The fourth-order valence-electron chi connectivity index (χ4n) is 2.36. The van der Waals surface area contributed by atoms with E-state index < -0.39 is 0 Å². The molecule has 0 spiro atoms. The maximum atomic E-state index is 6.24. The van der Waals surface area contributed by atoms with Gasteiger partial charge in [0.15, 0.2) is 5.75 Å². The molecule has 0 aromatic heterocycles. The molecule has 0 bridgehead atoms. The molecule has 5 nitrogen and oxygen atoms in total. The van der Waals surface area contributed by atoms with Gasteiger partial charge in [0, 0.05) is 18.6 Å². The Morgan fingerprint density at radius 3 is 2.17 bits per heavy atom. The van der Waals surface area contributed by atoms with Gasteiger partial charge in [-0.1, -0.05) is 51.6 Å². The Balaban J connectivity index is 1.79. The zero-order valence-corrected chi connectivity index (χ0v) is 19.5. The van der Waals surface area contributed by atoms with Gasteiger partial charge in [-0.25, -0.2) is 0 Å². The van der Waals surface area contributed by atoms with Crippen LogP contribution in [0.25, 0.3) is 0 Å². The van der Waals surface area contributed by atoms with Crippen LogP contribution >= 0.6 is 46.4 Å². The summed E-state index contributed by atoms with van der Waals surface area (Å²) in [7, 11) is 1.52. The van der Waals surface area contributed by atoms with Crippen molar-refractivity contribution in [3.8, 4) is 17.2 Å². The number of rotatable bonds is 11. The van der Waals surface area contributed by atoms with Crippen molar-refractivity contribution in [1.29, 1.82) is 0 Å². The van der Waals surface area contributed by atoms with Crippen LogP contribution in [0.15, 0.2) is 52.1 Å². The molecule has 0 fully saturated rings. The molecule has 2 aromatic carbocycles. The highest BCUT2D eigenvalue weighted by molar-refractivity contribution is 6.55. The van der Waals surface area contributed by atoms with Crippen molar-refractivity contribution in [2.45, 2.75) is 13.3 Å². The minimum absolute atomic E-state index is 0.125. The minimum atomic E-state index is 0.125. The van der Waals surface area contributed by atoms with Crippen molar-refractivity contribution >= 4 is 52.1 Å². The fraction of sp³-hybridized carbons (Fsp3) is 0.286. The molecule has 2 rings (SSSR count). The Morgan fingerprint density at radius 2 is 1.57 bits per heavy atom. The lowest BCUT2D eigenvalue weighted by Crippen LogP contribution is -2.06. The van der Waals surface area contributed by atoms with Crippen LogP contribution in [0.5, 0.6) is 17.2 Å². The van der Waals surface area contributed by atoms with Gasteiger partial charge < -0.3 is 19.0 Å². The number of nitrogens with zero attached hydrogens (tertiary/aromatic N) is 1. The summed E-state index contributed by atoms with van der Waals surface area (Å²) in [4.78, 5) is 4.77. The SMILES string of the molecule is CON=C(C)c1ccc(OCCCOc2c(Cl)cc(OCC=C(Cl)Cl)cc2Cl)cc1. The van der Waals surface area contributed by atoms with E-state index in [9.17, 15) is 0 Å². The van der Waals surface area contributed by atoms with Gasteiger partial charge in [0.2, 0.25) is 0 Å². The second kappa shape index (κ2) is 12.8. The molecule has 9 heteroatoms. The predicted molar refractivity (Wildman–Crippen MR) is 123 cm³/mol. The molecule has 162 valence electrons. The van der Waals surface area contributed by atoms with E-state index >= 15 is 0 Å². The second-order valence-corrected chi connectivity index (χ2v) is 7.78. The maximum absolute atomic E-state index is 6.24. The molecule has 0 aliphatic heterocycles. The van der Waals surface area contributed by atoms with Crippen LogP contribution in [0.4, 0.5) is 0 Å². The fourth-order valence-corrected chi connectivity index (χ4v) is 3.07. The Morgan fingerprint density at radius 1 is 0.933 bits per heavy atom. The van der Waals surface area contributed by atoms with Crippen molar-refractivity contribution in [2.24, 2.45) is 5.16 Å². The van der Waals surface area contributed by atoms with Crippen LogP contribution in [0, 0.1) is 0 Å². The first-order valence-electron chi connectivity index (χ1n) is 8.97. The second-order valence-electron chi connectivity index (χ2n) is 5.95. The predicted octanol–water partition coefficient (Wildman–Crippen LogP) is 6.91. The molecular formula is C21H21Cl4NO4. The molecule has 0 saturated carbocycles. The minimum Gasteiger partial charge on any atom is -0.493 e. The largest absolute Gasteiger partial charge is 0.493 e. The van der Waals surface area contributed by atoms with Crippen molar-refractivity contribution in [2.75, 3.05) is 26.9 Å². The van der Waals surface area contributed by atoms with Crippen molar-refractivity contribution < 1.29 is 19.0 Å². The number of halogens is 4.